The van der Waals surface area contributed by atoms with E-state index in [1.807, 2.05) is 36.4 Å². The van der Waals surface area contributed by atoms with Crippen LogP contribution in [0.25, 0.3) is 11.7 Å². The predicted octanol–water partition coefficient (Wildman–Crippen LogP) is 6.58. The van der Waals surface area contributed by atoms with Crippen molar-refractivity contribution in [3.8, 4) is 0 Å². The molecule has 0 fully saturated rings. The van der Waals surface area contributed by atoms with Crippen LogP contribution in [0.15, 0.2) is 42.6 Å². The Morgan fingerprint density at radius 2 is 1.53 bits per heavy atom. The quantitative estimate of drug-likeness (QED) is 0.404. The molecule has 0 saturated heterocycles. The lowest BCUT2D eigenvalue weighted by atomic mass is 10.0. The first-order chi connectivity index (χ1) is 17.6. The summed E-state index contributed by atoms with van der Waals surface area (Å²) in [5.74, 6) is -1.21. The number of imidazole rings is 1. The number of fused-ring (bicyclic) bond motifs is 1. The van der Waals surface area contributed by atoms with Gasteiger partial charge in [-0.05, 0) is 67.4 Å². The number of ether oxygens (including phenoxy) is 2. The normalized spacial score (nSPS) is 12.1. The van der Waals surface area contributed by atoms with E-state index in [1.165, 1.54) is 6.20 Å². The summed E-state index contributed by atoms with van der Waals surface area (Å²) in [4.78, 5) is 44.9. The Balaban J connectivity index is 2.34. The molecule has 0 saturated carbocycles. The number of aromatic nitrogens is 2. The minimum absolute atomic E-state index is 0.00214. The van der Waals surface area contributed by atoms with Gasteiger partial charge < -0.3 is 19.0 Å². The fourth-order valence-electron chi connectivity index (χ4n) is 3.80. The summed E-state index contributed by atoms with van der Waals surface area (Å²) < 4.78 is 12.7. The number of hydrogen-bond donors (Lipinski definition) is 1. The highest BCUT2D eigenvalue weighted by atomic mass is 16.6. The van der Waals surface area contributed by atoms with E-state index in [4.69, 9.17) is 9.47 Å². The van der Waals surface area contributed by atoms with Gasteiger partial charge in [-0.15, -0.1) is 0 Å². The maximum absolute atomic E-state index is 13.6. The van der Waals surface area contributed by atoms with Crippen molar-refractivity contribution in [2.45, 2.75) is 73.0 Å². The van der Waals surface area contributed by atoms with Gasteiger partial charge in [-0.25, -0.2) is 19.4 Å². The van der Waals surface area contributed by atoms with Crippen LogP contribution in [-0.4, -0.2) is 43.8 Å². The molecule has 0 spiro atoms. The molecule has 2 aromatic heterocycles. The molecule has 0 bridgehead atoms. The number of pyridine rings is 1. The van der Waals surface area contributed by atoms with E-state index < -0.39 is 29.4 Å². The first kappa shape index (κ1) is 28.4. The molecule has 9 heteroatoms. The van der Waals surface area contributed by atoms with Crippen LogP contribution in [0, 0.1) is 13.8 Å². The van der Waals surface area contributed by atoms with E-state index in [0.717, 1.165) is 10.5 Å². The lowest BCUT2D eigenvalue weighted by Crippen LogP contribution is -2.44. The summed E-state index contributed by atoms with van der Waals surface area (Å²) in [6.07, 6.45) is 3.18. The molecular formula is C29H35N3O6. The number of carbonyl (C=O) groups excluding carboxylic acids is 2. The van der Waals surface area contributed by atoms with Crippen LogP contribution < -0.4 is 4.90 Å². The second-order valence-corrected chi connectivity index (χ2v) is 11.0. The summed E-state index contributed by atoms with van der Waals surface area (Å²) in [6.45, 7) is 13.6. The number of imide groups is 1. The molecule has 38 heavy (non-hydrogen) atoms. The van der Waals surface area contributed by atoms with Gasteiger partial charge in [-0.3, -0.25) is 0 Å². The Morgan fingerprint density at radius 3 is 2.03 bits per heavy atom. The largest absolute Gasteiger partial charge is 0.478 e. The molecule has 0 aliphatic rings. The van der Waals surface area contributed by atoms with Crippen molar-refractivity contribution >= 4 is 35.6 Å². The third-order valence-corrected chi connectivity index (χ3v) is 5.51. The average molecular weight is 522 g/mol. The highest BCUT2D eigenvalue weighted by molar-refractivity contribution is 6.13. The Labute approximate surface area is 222 Å². The van der Waals surface area contributed by atoms with Gasteiger partial charge in [0.2, 0.25) is 0 Å². The summed E-state index contributed by atoms with van der Waals surface area (Å²) in [5, 5.41) is 10.2. The molecule has 0 radical (unpaired) electrons. The van der Waals surface area contributed by atoms with Crippen LogP contribution >= 0.6 is 0 Å². The molecule has 0 unspecified atom stereocenters. The molecule has 3 rings (SSSR count). The van der Waals surface area contributed by atoms with Crippen LogP contribution in [0.4, 0.5) is 15.3 Å². The van der Waals surface area contributed by atoms with Crippen molar-refractivity contribution in [2.75, 3.05) is 4.90 Å². The number of aromatic carboxylic acids is 1. The zero-order valence-electron chi connectivity index (χ0n) is 23.2. The van der Waals surface area contributed by atoms with E-state index >= 15 is 0 Å². The molecule has 202 valence electrons. The van der Waals surface area contributed by atoms with Gasteiger partial charge in [-0.1, -0.05) is 42.5 Å². The van der Waals surface area contributed by atoms with Gasteiger partial charge in [0.1, 0.15) is 16.9 Å². The lowest BCUT2D eigenvalue weighted by Gasteiger charge is -2.30. The summed E-state index contributed by atoms with van der Waals surface area (Å²) in [7, 11) is 0. The highest BCUT2D eigenvalue weighted by Gasteiger charge is 2.37. The number of carboxylic acid groups (broad SMARTS) is 1. The number of carbonyl (C=O) groups is 3. The van der Waals surface area contributed by atoms with Crippen molar-refractivity contribution in [1.29, 1.82) is 0 Å². The molecular weight excluding hydrogens is 486 g/mol. The van der Waals surface area contributed by atoms with Crippen LogP contribution in [0.3, 0.4) is 0 Å². The average Bonchev–Trinajstić information content (AvgIpc) is 3.06. The minimum Gasteiger partial charge on any atom is -0.478 e. The van der Waals surface area contributed by atoms with Crippen molar-refractivity contribution in [3.63, 3.8) is 0 Å². The van der Waals surface area contributed by atoms with Gasteiger partial charge in [0.25, 0.3) is 0 Å². The van der Waals surface area contributed by atoms with Crippen molar-refractivity contribution in [1.82, 2.24) is 9.38 Å². The van der Waals surface area contributed by atoms with Crippen LogP contribution in [0.1, 0.15) is 74.4 Å². The lowest BCUT2D eigenvalue weighted by molar-refractivity contribution is 0.0429. The van der Waals surface area contributed by atoms with E-state index in [1.54, 1.807) is 65.9 Å². The van der Waals surface area contributed by atoms with Gasteiger partial charge in [-0.2, -0.15) is 4.90 Å². The fourth-order valence-corrected chi connectivity index (χ4v) is 3.80. The van der Waals surface area contributed by atoms with Crippen LogP contribution in [0.2, 0.25) is 0 Å². The molecule has 1 aromatic carbocycles. The summed E-state index contributed by atoms with van der Waals surface area (Å²) in [6, 6.07) is 9.50. The Kier molecular flexibility index (Phi) is 8.00. The van der Waals surface area contributed by atoms with E-state index in [2.05, 4.69) is 4.98 Å². The zero-order valence-corrected chi connectivity index (χ0v) is 23.2. The van der Waals surface area contributed by atoms with Crippen molar-refractivity contribution < 1.29 is 29.0 Å². The maximum atomic E-state index is 13.6. The SMILES string of the molecule is Cc1nc2c(N(C(=O)OC(C)(C)C)C(=O)OC(C)(C)C)c(CC=Cc3ccccc3)c(C(=O)O)cn2c1C. The van der Waals surface area contributed by atoms with Crippen molar-refractivity contribution in [2.24, 2.45) is 0 Å². The van der Waals surface area contributed by atoms with Gasteiger partial charge in [0, 0.05) is 17.5 Å². The number of anilines is 1. The zero-order chi connectivity index (χ0) is 28.4. The number of allylic oxidation sites excluding steroid dienone is 1. The Morgan fingerprint density at radius 1 is 0.974 bits per heavy atom. The first-order valence-electron chi connectivity index (χ1n) is 12.3. The van der Waals surface area contributed by atoms with Gasteiger partial charge in [0.15, 0.2) is 5.65 Å². The molecule has 1 N–H and O–H groups in total. The topological polar surface area (TPSA) is 110 Å². The third-order valence-electron chi connectivity index (χ3n) is 5.51. The fraction of sp³-hybridized carbons (Fsp3) is 0.379. The third kappa shape index (κ3) is 6.59. The van der Waals surface area contributed by atoms with Gasteiger partial charge >= 0.3 is 18.2 Å². The van der Waals surface area contributed by atoms with Crippen molar-refractivity contribution in [3.05, 3.63) is 70.7 Å². The standard InChI is InChI=1S/C29H35N3O6/c1-18-19(2)31-17-22(25(33)34)21(16-12-15-20-13-10-9-11-14-20)23(24(31)30-18)32(26(35)37-28(3,4)5)27(36)38-29(6,7)8/h9-15,17H,16H2,1-8H3,(H,33,34). The summed E-state index contributed by atoms with van der Waals surface area (Å²) >= 11 is 0. The number of aryl methyl sites for hydroxylation is 2. The van der Waals surface area contributed by atoms with Crippen LogP contribution in [-0.2, 0) is 15.9 Å². The number of hydrogen-bond acceptors (Lipinski definition) is 6. The molecule has 0 aliphatic carbocycles. The van der Waals surface area contributed by atoms with E-state index in [0.29, 0.717) is 11.4 Å². The molecule has 0 atom stereocenters. The minimum atomic E-state index is -1.21. The van der Waals surface area contributed by atoms with Gasteiger partial charge in [0.05, 0.1) is 11.3 Å². The smallest absolute Gasteiger partial charge is 0.424 e. The molecule has 2 heterocycles. The number of carboxylic acids is 1. The van der Waals surface area contributed by atoms with Crippen LogP contribution in [0.5, 0.6) is 0 Å². The molecule has 3 aromatic rings. The number of benzene rings is 1. The molecule has 0 aliphatic heterocycles. The van der Waals surface area contributed by atoms with E-state index in [9.17, 15) is 19.5 Å². The second kappa shape index (κ2) is 10.7. The first-order valence-corrected chi connectivity index (χ1v) is 12.3. The highest BCUT2D eigenvalue weighted by Crippen LogP contribution is 2.34. The number of amides is 2. The maximum Gasteiger partial charge on any atom is 0.424 e. The number of rotatable bonds is 5. The monoisotopic (exact) mass is 521 g/mol. The molecule has 2 amide bonds. The molecule has 9 nitrogen and oxygen atoms in total. The van der Waals surface area contributed by atoms with E-state index in [-0.39, 0.29) is 28.9 Å². The Hall–Kier alpha value is -4.14. The number of nitrogens with zero attached hydrogens (tertiary/aromatic N) is 3. The second-order valence-electron chi connectivity index (χ2n) is 11.0. The Bertz CT molecular complexity index is 1360. The predicted molar refractivity (Wildman–Crippen MR) is 146 cm³/mol. The summed E-state index contributed by atoms with van der Waals surface area (Å²) in [5.41, 5.74) is 0.708.